The Morgan fingerprint density at radius 1 is 1.15 bits per heavy atom. The summed E-state index contributed by atoms with van der Waals surface area (Å²) in [6, 6.07) is 0. The molecule has 13 heavy (non-hydrogen) atoms. The molecule has 0 rings (SSSR count). The zero-order chi connectivity index (χ0) is 10.1. The molecule has 0 saturated carbocycles. The lowest BCUT2D eigenvalue weighted by Crippen LogP contribution is -2.19. The first-order chi connectivity index (χ1) is 6.20. The predicted molar refractivity (Wildman–Crippen MR) is 55.9 cm³/mol. The van der Waals surface area contributed by atoms with Crippen molar-refractivity contribution in [3.8, 4) is 0 Å². The average molecular weight is 188 g/mol. The Hall–Kier alpha value is -0.0800. The molecule has 0 aliphatic carbocycles. The van der Waals surface area contributed by atoms with E-state index in [1.54, 1.807) is 6.92 Å². The lowest BCUT2D eigenvalue weighted by molar-refractivity contribution is -0.0108. The van der Waals surface area contributed by atoms with Crippen LogP contribution in [-0.4, -0.2) is 23.9 Å². The van der Waals surface area contributed by atoms with Gasteiger partial charge in [-0.05, 0) is 19.8 Å². The molecule has 0 aromatic heterocycles. The number of hydrogen-bond acceptors (Lipinski definition) is 2. The van der Waals surface area contributed by atoms with Crippen molar-refractivity contribution in [2.45, 2.75) is 65.1 Å². The third-order valence-corrected chi connectivity index (χ3v) is 2.06. The molecule has 0 aliphatic rings. The number of aliphatic hydroxyl groups is 1. The molecule has 0 bridgehead atoms. The van der Waals surface area contributed by atoms with Gasteiger partial charge in [0.25, 0.3) is 0 Å². The normalized spacial score (nSPS) is 15.7. The fourth-order valence-electron chi connectivity index (χ4n) is 1.34. The van der Waals surface area contributed by atoms with Gasteiger partial charge < -0.3 is 9.84 Å². The van der Waals surface area contributed by atoms with Crippen LogP contribution in [0.1, 0.15) is 52.9 Å². The standard InChI is InChI=1S/C11H24O2/c1-4-6-8-11(7-5-2)13-9-10(3)12/h10-12H,4-9H2,1-3H3. The molecule has 2 atom stereocenters. The van der Waals surface area contributed by atoms with Crippen LogP contribution in [0.5, 0.6) is 0 Å². The largest absolute Gasteiger partial charge is 0.391 e. The molecular weight excluding hydrogens is 164 g/mol. The maximum absolute atomic E-state index is 9.07. The number of ether oxygens (including phenoxy) is 1. The van der Waals surface area contributed by atoms with Crippen molar-refractivity contribution >= 4 is 0 Å². The second-order valence-corrected chi connectivity index (χ2v) is 3.74. The number of hydrogen-bond donors (Lipinski definition) is 1. The lowest BCUT2D eigenvalue weighted by atomic mass is 10.1. The summed E-state index contributed by atoms with van der Waals surface area (Å²) >= 11 is 0. The van der Waals surface area contributed by atoms with Gasteiger partial charge in [-0.15, -0.1) is 0 Å². The predicted octanol–water partition coefficient (Wildman–Crippen LogP) is 2.74. The third-order valence-electron chi connectivity index (χ3n) is 2.06. The van der Waals surface area contributed by atoms with Gasteiger partial charge in [0.05, 0.1) is 18.8 Å². The van der Waals surface area contributed by atoms with Gasteiger partial charge in [-0.3, -0.25) is 0 Å². The van der Waals surface area contributed by atoms with Crippen molar-refractivity contribution < 1.29 is 9.84 Å². The first-order valence-corrected chi connectivity index (χ1v) is 5.50. The molecule has 0 radical (unpaired) electrons. The van der Waals surface area contributed by atoms with Crippen molar-refractivity contribution in [2.24, 2.45) is 0 Å². The van der Waals surface area contributed by atoms with E-state index in [0.29, 0.717) is 12.7 Å². The van der Waals surface area contributed by atoms with Gasteiger partial charge in [0.2, 0.25) is 0 Å². The quantitative estimate of drug-likeness (QED) is 0.634. The Morgan fingerprint density at radius 2 is 1.85 bits per heavy atom. The van der Waals surface area contributed by atoms with E-state index < -0.39 is 0 Å². The van der Waals surface area contributed by atoms with E-state index in [0.717, 1.165) is 19.3 Å². The minimum atomic E-state index is -0.332. The molecule has 2 heteroatoms. The minimum Gasteiger partial charge on any atom is -0.391 e. The first kappa shape index (κ1) is 12.9. The smallest absolute Gasteiger partial charge is 0.0745 e. The lowest BCUT2D eigenvalue weighted by Gasteiger charge is -2.17. The molecule has 2 unspecified atom stereocenters. The summed E-state index contributed by atoms with van der Waals surface area (Å²) in [4.78, 5) is 0. The van der Waals surface area contributed by atoms with Crippen molar-refractivity contribution in [2.75, 3.05) is 6.61 Å². The number of aliphatic hydroxyl groups excluding tert-OH is 1. The maximum atomic E-state index is 9.07. The molecule has 80 valence electrons. The van der Waals surface area contributed by atoms with E-state index in [2.05, 4.69) is 13.8 Å². The van der Waals surface area contributed by atoms with Gasteiger partial charge in [-0.1, -0.05) is 33.1 Å². The van der Waals surface area contributed by atoms with Gasteiger partial charge in [0.15, 0.2) is 0 Å². The molecule has 2 nitrogen and oxygen atoms in total. The van der Waals surface area contributed by atoms with E-state index in [1.165, 1.54) is 12.8 Å². The Bertz CT molecular complexity index is 102. The van der Waals surface area contributed by atoms with Gasteiger partial charge in [0.1, 0.15) is 0 Å². The summed E-state index contributed by atoms with van der Waals surface area (Å²) in [5.41, 5.74) is 0. The van der Waals surface area contributed by atoms with Crippen molar-refractivity contribution in [1.29, 1.82) is 0 Å². The van der Waals surface area contributed by atoms with E-state index in [-0.39, 0.29) is 6.10 Å². The van der Waals surface area contributed by atoms with Gasteiger partial charge in [-0.25, -0.2) is 0 Å². The van der Waals surface area contributed by atoms with E-state index in [1.807, 2.05) is 0 Å². The minimum absolute atomic E-state index is 0.332. The summed E-state index contributed by atoms with van der Waals surface area (Å²) < 4.78 is 5.60. The second-order valence-electron chi connectivity index (χ2n) is 3.74. The summed E-state index contributed by atoms with van der Waals surface area (Å²) in [7, 11) is 0. The molecule has 0 heterocycles. The fourth-order valence-corrected chi connectivity index (χ4v) is 1.34. The second kappa shape index (κ2) is 8.52. The van der Waals surface area contributed by atoms with Crippen molar-refractivity contribution in [3.63, 3.8) is 0 Å². The van der Waals surface area contributed by atoms with Crippen LogP contribution < -0.4 is 0 Å². The Morgan fingerprint density at radius 3 is 2.31 bits per heavy atom. The third kappa shape index (κ3) is 8.26. The molecule has 0 aromatic rings. The molecule has 0 fully saturated rings. The Labute approximate surface area is 82.3 Å². The van der Waals surface area contributed by atoms with E-state index >= 15 is 0 Å². The van der Waals surface area contributed by atoms with Crippen molar-refractivity contribution in [3.05, 3.63) is 0 Å². The summed E-state index contributed by atoms with van der Waals surface area (Å²) in [6.07, 6.45) is 5.89. The highest BCUT2D eigenvalue weighted by atomic mass is 16.5. The average Bonchev–Trinajstić information content (AvgIpc) is 2.09. The Balaban J connectivity index is 3.53. The number of unbranched alkanes of at least 4 members (excludes halogenated alkanes) is 1. The van der Waals surface area contributed by atoms with Crippen LogP contribution in [0.25, 0.3) is 0 Å². The summed E-state index contributed by atoms with van der Waals surface area (Å²) in [6.45, 7) is 6.61. The fraction of sp³-hybridized carbons (Fsp3) is 1.00. The molecular formula is C11H24O2. The first-order valence-electron chi connectivity index (χ1n) is 5.50. The molecule has 1 N–H and O–H groups in total. The maximum Gasteiger partial charge on any atom is 0.0745 e. The van der Waals surface area contributed by atoms with Crippen molar-refractivity contribution in [1.82, 2.24) is 0 Å². The Kier molecular flexibility index (Phi) is 8.46. The molecule has 0 aromatic carbocycles. The van der Waals surface area contributed by atoms with Gasteiger partial charge in [-0.2, -0.15) is 0 Å². The molecule has 0 saturated heterocycles. The zero-order valence-corrected chi connectivity index (χ0v) is 9.25. The monoisotopic (exact) mass is 188 g/mol. The van der Waals surface area contributed by atoms with Crippen LogP contribution in [0.3, 0.4) is 0 Å². The highest BCUT2D eigenvalue weighted by molar-refractivity contribution is 4.58. The summed E-state index contributed by atoms with van der Waals surface area (Å²) in [5, 5.41) is 9.07. The number of rotatable bonds is 8. The molecule has 0 spiro atoms. The topological polar surface area (TPSA) is 29.5 Å². The van der Waals surface area contributed by atoms with Crippen LogP contribution in [-0.2, 0) is 4.74 Å². The van der Waals surface area contributed by atoms with Gasteiger partial charge in [0, 0.05) is 0 Å². The van der Waals surface area contributed by atoms with Crippen LogP contribution in [0.4, 0.5) is 0 Å². The van der Waals surface area contributed by atoms with E-state index in [9.17, 15) is 0 Å². The molecule has 0 aliphatic heterocycles. The van der Waals surface area contributed by atoms with Crippen LogP contribution in [0.2, 0.25) is 0 Å². The van der Waals surface area contributed by atoms with Crippen LogP contribution in [0, 0.1) is 0 Å². The van der Waals surface area contributed by atoms with E-state index in [4.69, 9.17) is 9.84 Å². The summed E-state index contributed by atoms with van der Waals surface area (Å²) in [5.74, 6) is 0. The van der Waals surface area contributed by atoms with Crippen LogP contribution in [0.15, 0.2) is 0 Å². The highest BCUT2D eigenvalue weighted by Gasteiger charge is 2.08. The molecule has 0 amide bonds. The van der Waals surface area contributed by atoms with Gasteiger partial charge >= 0.3 is 0 Å². The SMILES string of the molecule is CCCCC(CCC)OCC(C)O. The zero-order valence-electron chi connectivity index (χ0n) is 9.25. The van der Waals surface area contributed by atoms with Crippen LogP contribution >= 0.6 is 0 Å². The highest BCUT2D eigenvalue weighted by Crippen LogP contribution is 2.11.